The molecule has 304 valence electrons. The van der Waals surface area contributed by atoms with Crippen molar-refractivity contribution in [3.05, 3.63) is 223 Å². The molecule has 0 bridgehead atoms. The number of hydrogen-bond acceptors (Lipinski definition) is 3. The number of benzene rings is 5. The third kappa shape index (κ3) is 8.33. The highest BCUT2D eigenvalue weighted by atomic mass is 127. The molecule has 0 atom stereocenters. The lowest BCUT2D eigenvalue weighted by atomic mass is 9.88. The summed E-state index contributed by atoms with van der Waals surface area (Å²) >= 11 is 4.55. The number of anilines is 4. The van der Waals surface area contributed by atoms with Crippen molar-refractivity contribution in [3.63, 3.8) is 0 Å². The third-order valence-electron chi connectivity index (χ3n) is 12.3. The summed E-state index contributed by atoms with van der Waals surface area (Å²) < 4.78 is 1.11. The van der Waals surface area contributed by atoms with Gasteiger partial charge in [0.1, 0.15) is 0 Å². The molecule has 0 amide bonds. The minimum absolute atomic E-state index is 0.363. The Kier molecular flexibility index (Phi) is 12.0. The predicted octanol–water partition coefficient (Wildman–Crippen LogP) is 16.2. The number of allylic oxidation sites excluding steroid dienone is 6. The highest BCUT2D eigenvalue weighted by Gasteiger charge is 2.25. The van der Waals surface area contributed by atoms with Crippen LogP contribution in [0.3, 0.4) is 0 Å². The maximum atomic E-state index is 4.62. The van der Waals surface area contributed by atoms with E-state index in [1.165, 1.54) is 99.3 Å². The van der Waals surface area contributed by atoms with Gasteiger partial charge in [-0.1, -0.05) is 164 Å². The van der Waals surface area contributed by atoms with E-state index in [0.717, 1.165) is 42.2 Å². The van der Waals surface area contributed by atoms with Gasteiger partial charge in [0.2, 0.25) is 0 Å². The Balaban J connectivity index is 0.989. The van der Waals surface area contributed by atoms with Crippen molar-refractivity contribution < 1.29 is 0 Å². The van der Waals surface area contributed by atoms with Gasteiger partial charge in [-0.3, -0.25) is 0 Å². The number of fused-ring (bicyclic) bond motifs is 5. The molecule has 2 nitrogen and oxygen atoms in total. The summed E-state index contributed by atoms with van der Waals surface area (Å²) in [6, 6.07) is 42.1. The zero-order valence-corrected chi connectivity index (χ0v) is 38.7. The van der Waals surface area contributed by atoms with Crippen molar-refractivity contribution in [1.29, 1.82) is 0 Å². The molecule has 2 aliphatic heterocycles. The lowest BCUT2D eigenvalue weighted by molar-refractivity contribution is 0.862. The summed E-state index contributed by atoms with van der Waals surface area (Å²) in [5, 5.41) is 0. The van der Waals surface area contributed by atoms with E-state index in [1.54, 1.807) is 0 Å². The molecule has 0 saturated heterocycles. The van der Waals surface area contributed by atoms with E-state index < -0.39 is 0 Å². The number of nitrogens with zero attached hydrogens (tertiary/aromatic N) is 2. The zero-order chi connectivity index (χ0) is 42.0. The Bertz CT molecular complexity index is 2710. The summed E-state index contributed by atoms with van der Waals surface area (Å²) in [5.74, 6) is 0.363. The van der Waals surface area contributed by atoms with Crippen LogP contribution in [-0.2, 0) is 25.7 Å². The van der Waals surface area contributed by atoms with Gasteiger partial charge in [-0.05, 0) is 137 Å². The largest absolute Gasteiger partial charge is 0.317 e. The van der Waals surface area contributed by atoms with Crippen LogP contribution < -0.4 is 9.80 Å². The first kappa shape index (κ1) is 40.9. The van der Waals surface area contributed by atoms with Crippen molar-refractivity contribution in [2.75, 3.05) is 14.2 Å². The summed E-state index contributed by atoms with van der Waals surface area (Å²) in [6.07, 6.45) is 21.5. The quantitative estimate of drug-likeness (QED) is 0.0726. The average Bonchev–Trinajstić information content (AvgIpc) is 3.62. The Morgan fingerprint density at radius 2 is 1.31 bits per heavy atom. The van der Waals surface area contributed by atoms with Gasteiger partial charge >= 0.3 is 0 Å². The molecular formula is C57H53IN2S. The molecule has 9 rings (SSSR count). The maximum Gasteiger partial charge on any atom is 0.0496 e. The number of alkyl halides is 1. The molecule has 3 aliphatic rings. The van der Waals surface area contributed by atoms with Crippen LogP contribution in [0.25, 0.3) is 23.8 Å². The Morgan fingerprint density at radius 1 is 0.721 bits per heavy atom. The first-order valence-electron chi connectivity index (χ1n) is 21.6. The molecule has 4 heteroatoms. The molecule has 6 aromatic rings. The van der Waals surface area contributed by atoms with Crippen LogP contribution in [0, 0.1) is 0 Å². The van der Waals surface area contributed by atoms with Gasteiger partial charge in [-0.15, -0.1) is 11.3 Å². The summed E-state index contributed by atoms with van der Waals surface area (Å²) in [7, 11) is 0. The van der Waals surface area contributed by atoms with Crippen molar-refractivity contribution in [1.82, 2.24) is 0 Å². The zero-order valence-electron chi connectivity index (χ0n) is 35.7. The predicted molar refractivity (Wildman–Crippen MR) is 274 cm³/mol. The highest BCUT2D eigenvalue weighted by molar-refractivity contribution is 14.1. The molecule has 0 fully saturated rings. The summed E-state index contributed by atoms with van der Waals surface area (Å²) in [6.45, 7) is 13.7. The lowest BCUT2D eigenvalue weighted by Crippen LogP contribution is -2.21. The van der Waals surface area contributed by atoms with E-state index in [4.69, 9.17) is 0 Å². The standard InChI is InChI=1S/C57H53IN2S/c1-38(2)47(27-22-40(5)60-54-20-12-8-16-45(54)37-46-17-9-13-21-55(46)60)48-28-25-41(34-50(48)39(3)4)23-24-42-26-29-56-51(35-42)49(57(61-56)30-32-58)31-33-59-52-18-10-6-14-43(52)36-44-15-7-11-19-53(44)59/h6-25,27-28,31,33-35,39H,5,26,29-30,32,36-37H2,1-4H3/b24-23+,27-22-,33-31+. The van der Waals surface area contributed by atoms with Crippen molar-refractivity contribution in [3.8, 4) is 0 Å². The number of thiophene rings is 1. The molecule has 0 unspecified atom stereocenters. The topological polar surface area (TPSA) is 6.48 Å². The van der Waals surface area contributed by atoms with Gasteiger partial charge in [0, 0.05) is 61.7 Å². The minimum Gasteiger partial charge on any atom is -0.317 e. The van der Waals surface area contributed by atoms with Gasteiger partial charge in [-0.25, -0.2) is 0 Å². The number of halogens is 1. The van der Waals surface area contributed by atoms with E-state index in [0.29, 0.717) is 5.92 Å². The van der Waals surface area contributed by atoms with Crippen LogP contribution in [0.1, 0.15) is 99.9 Å². The first-order chi connectivity index (χ1) is 29.8. The third-order valence-corrected chi connectivity index (χ3v) is 14.2. The monoisotopic (exact) mass is 924 g/mol. The molecule has 1 aromatic heterocycles. The molecular weight excluding hydrogens is 872 g/mol. The molecule has 5 aromatic carbocycles. The number of rotatable bonds is 11. The van der Waals surface area contributed by atoms with Crippen molar-refractivity contribution in [2.45, 2.75) is 65.7 Å². The highest BCUT2D eigenvalue weighted by Crippen LogP contribution is 2.43. The number of para-hydroxylation sites is 4. The molecule has 3 heterocycles. The second kappa shape index (κ2) is 17.9. The minimum atomic E-state index is 0.363. The van der Waals surface area contributed by atoms with Crippen LogP contribution in [0.2, 0.25) is 0 Å². The summed E-state index contributed by atoms with van der Waals surface area (Å²) in [5.41, 5.74) is 21.9. The maximum absolute atomic E-state index is 4.62. The smallest absolute Gasteiger partial charge is 0.0496 e. The van der Waals surface area contributed by atoms with Gasteiger partial charge in [0.15, 0.2) is 0 Å². The number of hydrogen-bond donors (Lipinski definition) is 0. The Hall–Kier alpha value is -5.43. The van der Waals surface area contributed by atoms with Crippen LogP contribution >= 0.6 is 33.9 Å². The van der Waals surface area contributed by atoms with E-state index in [1.807, 2.05) is 11.3 Å². The first-order valence-corrected chi connectivity index (χ1v) is 24.0. The second-order valence-electron chi connectivity index (χ2n) is 16.9. The van der Waals surface area contributed by atoms with Gasteiger partial charge in [-0.2, -0.15) is 0 Å². The molecule has 61 heavy (non-hydrogen) atoms. The van der Waals surface area contributed by atoms with E-state index in [-0.39, 0.29) is 0 Å². The average molecular weight is 925 g/mol. The van der Waals surface area contributed by atoms with Gasteiger partial charge < -0.3 is 9.80 Å². The number of aryl methyl sites for hydroxylation is 2. The van der Waals surface area contributed by atoms with Gasteiger partial charge in [0.05, 0.1) is 0 Å². The SMILES string of the molecule is C=C(/C=C\C(=C(C)C)c1ccc(/C=C/C2=Cc3c(sc(CCI)c3/C=C/N3c4ccccc4Cc4ccccc43)CC2)cc1C(C)C)N1c2ccccc2Cc2ccccc21. The molecule has 0 saturated carbocycles. The van der Waals surface area contributed by atoms with Gasteiger partial charge in [0.25, 0.3) is 0 Å². The fraction of sp³-hybridized carbons (Fsp3) is 0.193. The van der Waals surface area contributed by atoms with Crippen LogP contribution in [0.4, 0.5) is 22.7 Å². The van der Waals surface area contributed by atoms with Crippen LogP contribution in [0.15, 0.2) is 163 Å². The molecule has 0 radical (unpaired) electrons. The van der Waals surface area contributed by atoms with Crippen molar-refractivity contribution >= 4 is 80.5 Å². The van der Waals surface area contributed by atoms with Crippen molar-refractivity contribution in [2.24, 2.45) is 0 Å². The van der Waals surface area contributed by atoms with E-state index in [9.17, 15) is 0 Å². The molecule has 0 spiro atoms. The van der Waals surface area contributed by atoms with E-state index in [2.05, 4.69) is 225 Å². The fourth-order valence-electron chi connectivity index (χ4n) is 9.23. The van der Waals surface area contributed by atoms with Crippen LogP contribution in [0.5, 0.6) is 0 Å². The molecule has 0 N–H and O–H groups in total. The van der Waals surface area contributed by atoms with Crippen LogP contribution in [-0.4, -0.2) is 4.43 Å². The summed E-state index contributed by atoms with van der Waals surface area (Å²) in [4.78, 5) is 7.72. The Labute approximate surface area is 380 Å². The fourth-order valence-corrected chi connectivity index (χ4v) is 11.4. The second-order valence-corrected chi connectivity index (χ2v) is 19.2. The molecule has 1 aliphatic carbocycles. The van der Waals surface area contributed by atoms with E-state index >= 15 is 0 Å². The normalized spacial score (nSPS) is 14.2. The Morgan fingerprint density at radius 3 is 1.90 bits per heavy atom. The lowest BCUT2D eigenvalue weighted by Gasteiger charge is -2.33.